The first-order valence-corrected chi connectivity index (χ1v) is 7.06. The topological polar surface area (TPSA) is 45.2 Å². The van der Waals surface area contributed by atoms with E-state index in [-0.39, 0.29) is 5.91 Å². The van der Waals surface area contributed by atoms with Crippen LogP contribution in [-0.4, -0.2) is 35.4 Å². The number of carbonyl (C=O) groups is 1. The fourth-order valence-electron chi connectivity index (χ4n) is 2.10. The highest BCUT2D eigenvalue weighted by atomic mass is 16.2. The van der Waals surface area contributed by atoms with Crippen molar-refractivity contribution in [2.75, 3.05) is 18.9 Å². The van der Waals surface area contributed by atoms with Crippen LogP contribution >= 0.6 is 0 Å². The van der Waals surface area contributed by atoms with Crippen LogP contribution in [-0.2, 0) is 0 Å². The van der Waals surface area contributed by atoms with Crippen molar-refractivity contribution in [2.45, 2.75) is 39.2 Å². The lowest BCUT2D eigenvalue weighted by atomic mass is 10.1. The molecule has 0 spiro atoms. The van der Waals surface area contributed by atoms with E-state index in [0.29, 0.717) is 12.0 Å². The zero-order valence-corrected chi connectivity index (χ0v) is 12.0. The standard InChI is InChI=1S/C15H23N3O/c1-11(2)7-9-18(13-4-5-13)15(19)12-6-8-17-14(10-12)16-3/h6,8,10-11,13H,4-5,7,9H2,1-3H3,(H,16,17). The van der Waals surface area contributed by atoms with E-state index >= 15 is 0 Å². The Morgan fingerprint density at radius 1 is 1.53 bits per heavy atom. The van der Waals surface area contributed by atoms with Crippen LogP contribution in [0, 0.1) is 5.92 Å². The monoisotopic (exact) mass is 261 g/mol. The van der Waals surface area contributed by atoms with Gasteiger partial charge >= 0.3 is 0 Å². The maximum Gasteiger partial charge on any atom is 0.254 e. The minimum absolute atomic E-state index is 0.141. The van der Waals surface area contributed by atoms with Gasteiger partial charge < -0.3 is 10.2 Å². The first kappa shape index (κ1) is 13.8. The van der Waals surface area contributed by atoms with Gasteiger partial charge in [-0.3, -0.25) is 4.79 Å². The quantitative estimate of drug-likeness (QED) is 0.856. The van der Waals surface area contributed by atoms with Gasteiger partial charge in [-0.1, -0.05) is 13.8 Å². The van der Waals surface area contributed by atoms with Gasteiger partial charge in [0.05, 0.1) is 0 Å². The Bertz CT molecular complexity index is 441. The molecule has 104 valence electrons. The first-order valence-electron chi connectivity index (χ1n) is 7.06. The summed E-state index contributed by atoms with van der Waals surface area (Å²) < 4.78 is 0. The number of nitrogens with zero attached hydrogens (tertiary/aromatic N) is 2. The highest BCUT2D eigenvalue weighted by molar-refractivity contribution is 5.95. The number of aromatic nitrogens is 1. The average molecular weight is 261 g/mol. The van der Waals surface area contributed by atoms with Gasteiger partial charge in [-0.2, -0.15) is 0 Å². The molecule has 4 heteroatoms. The molecule has 19 heavy (non-hydrogen) atoms. The number of pyridine rings is 1. The Morgan fingerprint density at radius 2 is 2.26 bits per heavy atom. The molecule has 0 atom stereocenters. The van der Waals surface area contributed by atoms with E-state index < -0.39 is 0 Å². The average Bonchev–Trinajstić information content (AvgIpc) is 3.23. The molecule has 1 aromatic heterocycles. The molecule has 1 saturated carbocycles. The van der Waals surface area contributed by atoms with E-state index in [0.717, 1.165) is 37.2 Å². The largest absolute Gasteiger partial charge is 0.373 e. The highest BCUT2D eigenvalue weighted by Crippen LogP contribution is 2.29. The van der Waals surface area contributed by atoms with Crippen LogP contribution in [0.1, 0.15) is 43.5 Å². The van der Waals surface area contributed by atoms with Crippen LogP contribution < -0.4 is 5.32 Å². The Kier molecular flexibility index (Phi) is 4.40. The van der Waals surface area contributed by atoms with Crippen molar-refractivity contribution in [1.82, 2.24) is 9.88 Å². The molecular weight excluding hydrogens is 238 g/mol. The number of hydrogen-bond acceptors (Lipinski definition) is 3. The van der Waals surface area contributed by atoms with Crippen molar-refractivity contribution >= 4 is 11.7 Å². The van der Waals surface area contributed by atoms with Crippen LogP contribution in [0.5, 0.6) is 0 Å². The molecule has 1 aliphatic rings. The van der Waals surface area contributed by atoms with Crippen LogP contribution in [0.15, 0.2) is 18.3 Å². The van der Waals surface area contributed by atoms with Crippen LogP contribution in [0.3, 0.4) is 0 Å². The minimum atomic E-state index is 0.141. The predicted octanol–water partition coefficient (Wildman–Crippen LogP) is 2.77. The van der Waals surface area contributed by atoms with Crippen LogP contribution in [0.2, 0.25) is 0 Å². The second-order valence-corrected chi connectivity index (χ2v) is 5.59. The number of carbonyl (C=O) groups excluding carboxylic acids is 1. The van der Waals surface area contributed by atoms with E-state index in [4.69, 9.17) is 0 Å². The summed E-state index contributed by atoms with van der Waals surface area (Å²) in [6, 6.07) is 4.08. The molecule has 0 aliphatic heterocycles. The van der Waals surface area contributed by atoms with Gasteiger partial charge in [-0.15, -0.1) is 0 Å². The number of amides is 1. The summed E-state index contributed by atoms with van der Waals surface area (Å²) in [7, 11) is 1.81. The molecule has 0 aromatic carbocycles. The van der Waals surface area contributed by atoms with Gasteiger partial charge in [-0.05, 0) is 37.3 Å². The van der Waals surface area contributed by atoms with Crippen molar-refractivity contribution < 1.29 is 4.79 Å². The molecule has 1 aromatic rings. The molecule has 1 N–H and O–H groups in total. The molecule has 1 heterocycles. The summed E-state index contributed by atoms with van der Waals surface area (Å²) in [4.78, 5) is 18.8. The normalized spacial score (nSPS) is 14.5. The smallest absolute Gasteiger partial charge is 0.254 e. The summed E-state index contributed by atoms with van der Waals surface area (Å²) in [6.07, 6.45) is 5.04. The maximum absolute atomic E-state index is 12.6. The Morgan fingerprint density at radius 3 is 2.84 bits per heavy atom. The second-order valence-electron chi connectivity index (χ2n) is 5.59. The number of hydrogen-bond donors (Lipinski definition) is 1. The molecular formula is C15H23N3O. The SMILES string of the molecule is CNc1cc(C(=O)N(CCC(C)C)C2CC2)ccn1. The Balaban J connectivity index is 2.09. The van der Waals surface area contributed by atoms with Crippen LogP contribution in [0.4, 0.5) is 5.82 Å². The number of anilines is 1. The fourth-order valence-corrected chi connectivity index (χ4v) is 2.10. The summed E-state index contributed by atoms with van der Waals surface area (Å²) in [5, 5.41) is 2.97. The molecule has 0 radical (unpaired) electrons. The van der Waals surface area contributed by atoms with Crippen molar-refractivity contribution in [1.29, 1.82) is 0 Å². The van der Waals surface area contributed by atoms with E-state index in [9.17, 15) is 4.79 Å². The van der Waals surface area contributed by atoms with Gasteiger partial charge in [0, 0.05) is 31.4 Å². The van der Waals surface area contributed by atoms with Crippen molar-refractivity contribution in [3.63, 3.8) is 0 Å². The second kappa shape index (κ2) is 6.04. The molecule has 4 nitrogen and oxygen atoms in total. The molecule has 2 rings (SSSR count). The van der Waals surface area contributed by atoms with Gasteiger partial charge in [0.1, 0.15) is 5.82 Å². The molecule has 1 fully saturated rings. The van der Waals surface area contributed by atoms with Crippen molar-refractivity contribution in [2.24, 2.45) is 5.92 Å². The van der Waals surface area contributed by atoms with Gasteiger partial charge in [0.25, 0.3) is 5.91 Å². The third-order valence-corrected chi connectivity index (χ3v) is 3.46. The lowest BCUT2D eigenvalue weighted by molar-refractivity contribution is 0.0735. The van der Waals surface area contributed by atoms with Gasteiger partial charge in [0.15, 0.2) is 0 Å². The molecule has 1 amide bonds. The van der Waals surface area contributed by atoms with Gasteiger partial charge in [-0.25, -0.2) is 4.98 Å². The number of nitrogens with one attached hydrogen (secondary N) is 1. The summed E-state index contributed by atoms with van der Waals surface area (Å²) >= 11 is 0. The third kappa shape index (κ3) is 3.69. The third-order valence-electron chi connectivity index (χ3n) is 3.46. The Labute approximate surface area is 115 Å². The summed E-state index contributed by atoms with van der Waals surface area (Å²) in [6.45, 7) is 5.25. The van der Waals surface area contributed by atoms with Crippen molar-refractivity contribution in [3.05, 3.63) is 23.9 Å². The van der Waals surface area contributed by atoms with E-state index in [1.807, 2.05) is 18.0 Å². The van der Waals surface area contributed by atoms with E-state index in [2.05, 4.69) is 24.1 Å². The molecule has 1 aliphatic carbocycles. The van der Waals surface area contributed by atoms with Crippen molar-refractivity contribution in [3.8, 4) is 0 Å². The maximum atomic E-state index is 12.6. The fraction of sp³-hybridized carbons (Fsp3) is 0.600. The zero-order valence-electron chi connectivity index (χ0n) is 12.0. The highest BCUT2D eigenvalue weighted by Gasteiger charge is 2.32. The molecule has 0 unspecified atom stereocenters. The number of rotatable bonds is 6. The lowest BCUT2D eigenvalue weighted by Gasteiger charge is -2.23. The first-order chi connectivity index (χ1) is 9.11. The Hall–Kier alpha value is -1.58. The summed E-state index contributed by atoms with van der Waals surface area (Å²) in [5.41, 5.74) is 0.731. The molecule has 0 bridgehead atoms. The summed E-state index contributed by atoms with van der Waals surface area (Å²) in [5.74, 6) is 1.51. The van der Waals surface area contributed by atoms with E-state index in [1.165, 1.54) is 0 Å². The van der Waals surface area contributed by atoms with Gasteiger partial charge in [0.2, 0.25) is 0 Å². The molecule has 0 saturated heterocycles. The lowest BCUT2D eigenvalue weighted by Crippen LogP contribution is -2.34. The minimum Gasteiger partial charge on any atom is -0.373 e. The van der Waals surface area contributed by atoms with E-state index in [1.54, 1.807) is 12.3 Å². The zero-order chi connectivity index (χ0) is 13.8. The predicted molar refractivity (Wildman–Crippen MR) is 77.3 cm³/mol. The van der Waals surface area contributed by atoms with Crippen LogP contribution in [0.25, 0.3) is 0 Å².